The molecule has 0 aliphatic carbocycles. The third-order valence-electron chi connectivity index (χ3n) is 2.32. The fraction of sp³-hybridized carbons (Fsp3) is 0.167. The second-order valence-electron chi connectivity index (χ2n) is 3.68. The maximum absolute atomic E-state index is 13.2. The van der Waals surface area contributed by atoms with Crippen LogP contribution in [-0.4, -0.2) is 5.11 Å². The molecule has 2 rings (SSSR count). The molecule has 1 unspecified atom stereocenters. The molecule has 2 aromatic rings. The van der Waals surface area contributed by atoms with Gasteiger partial charge in [-0.2, -0.15) is 0 Å². The smallest absolute Gasteiger partial charge is 0.124 e. The highest BCUT2D eigenvalue weighted by Crippen LogP contribution is 2.26. The van der Waals surface area contributed by atoms with Crippen LogP contribution >= 0.6 is 49.9 Å². The minimum absolute atomic E-state index is 0.290. The largest absolute Gasteiger partial charge is 0.388 e. The first-order valence-electron chi connectivity index (χ1n) is 4.91. The lowest BCUT2D eigenvalue weighted by molar-refractivity contribution is 0.179. The van der Waals surface area contributed by atoms with Gasteiger partial charge in [0, 0.05) is 10.9 Å². The van der Waals surface area contributed by atoms with E-state index in [1.165, 1.54) is 12.1 Å². The Kier molecular flexibility index (Phi) is 4.57. The lowest BCUT2D eigenvalue weighted by atomic mass is 10.0. The van der Waals surface area contributed by atoms with E-state index in [1.54, 1.807) is 11.3 Å². The van der Waals surface area contributed by atoms with Crippen LogP contribution in [0.1, 0.15) is 17.2 Å². The van der Waals surface area contributed by atoms with Gasteiger partial charge in [0.15, 0.2) is 0 Å². The van der Waals surface area contributed by atoms with Gasteiger partial charge in [-0.05, 0) is 63.4 Å². The van der Waals surface area contributed by atoms with E-state index in [0.717, 1.165) is 14.0 Å². The van der Waals surface area contributed by atoms with Gasteiger partial charge in [0.2, 0.25) is 0 Å². The van der Waals surface area contributed by atoms with E-state index in [1.807, 2.05) is 17.5 Å². The Morgan fingerprint density at radius 2 is 2.12 bits per heavy atom. The molecular formula is C12H9BrFIOS. The monoisotopic (exact) mass is 426 g/mol. The van der Waals surface area contributed by atoms with E-state index >= 15 is 0 Å². The fourth-order valence-corrected chi connectivity index (χ4v) is 3.50. The van der Waals surface area contributed by atoms with Crippen molar-refractivity contribution in [1.29, 1.82) is 0 Å². The average molecular weight is 427 g/mol. The van der Waals surface area contributed by atoms with Crippen LogP contribution in [0.2, 0.25) is 0 Å². The lowest BCUT2D eigenvalue weighted by Gasteiger charge is -2.09. The third kappa shape index (κ3) is 3.74. The van der Waals surface area contributed by atoms with Crippen LogP contribution in [0.15, 0.2) is 34.1 Å². The number of rotatable bonds is 3. The molecule has 0 aliphatic rings. The highest BCUT2D eigenvalue weighted by atomic mass is 127. The molecule has 5 heteroatoms. The summed E-state index contributed by atoms with van der Waals surface area (Å²) in [4.78, 5) is 0. The first-order valence-corrected chi connectivity index (χ1v) is 7.66. The third-order valence-corrected chi connectivity index (χ3v) is 4.59. The predicted octanol–water partition coefficient (Wildman–Crippen LogP) is 4.53. The number of benzene rings is 1. The molecule has 17 heavy (non-hydrogen) atoms. The minimum Gasteiger partial charge on any atom is -0.388 e. The van der Waals surface area contributed by atoms with E-state index in [2.05, 4.69) is 38.5 Å². The van der Waals surface area contributed by atoms with Crippen molar-refractivity contribution >= 4 is 49.9 Å². The Morgan fingerprint density at radius 3 is 2.71 bits per heavy atom. The molecule has 0 aliphatic heterocycles. The maximum Gasteiger partial charge on any atom is 0.124 e. The van der Waals surface area contributed by atoms with Gasteiger partial charge in [-0.1, -0.05) is 15.9 Å². The van der Waals surface area contributed by atoms with Crippen LogP contribution in [-0.2, 0) is 6.42 Å². The summed E-state index contributed by atoms with van der Waals surface area (Å²) in [7, 11) is 0. The molecule has 1 nitrogen and oxygen atoms in total. The van der Waals surface area contributed by atoms with Crippen LogP contribution in [0.4, 0.5) is 4.39 Å². The van der Waals surface area contributed by atoms with E-state index in [4.69, 9.17) is 0 Å². The van der Waals surface area contributed by atoms with Gasteiger partial charge in [-0.25, -0.2) is 4.39 Å². The summed E-state index contributed by atoms with van der Waals surface area (Å²) in [6.07, 6.45) is -0.160. The highest BCUT2D eigenvalue weighted by molar-refractivity contribution is 14.1. The Morgan fingerprint density at radius 1 is 1.35 bits per heavy atom. The molecule has 1 atom stereocenters. The SMILES string of the molecule is OC(Cc1cc(F)cc(Br)c1)c1csc(I)c1. The van der Waals surface area contributed by atoms with Gasteiger partial charge in [0.1, 0.15) is 5.82 Å². The molecule has 0 bridgehead atoms. The van der Waals surface area contributed by atoms with E-state index < -0.39 is 6.10 Å². The molecule has 1 heterocycles. The molecule has 0 spiro atoms. The molecule has 0 fully saturated rings. The number of thiophene rings is 1. The number of halogens is 3. The molecule has 0 saturated heterocycles. The van der Waals surface area contributed by atoms with E-state index in [9.17, 15) is 9.50 Å². The molecule has 1 aromatic carbocycles. The van der Waals surface area contributed by atoms with Crippen molar-refractivity contribution < 1.29 is 9.50 Å². The van der Waals surface area contributed by atoms with Crippen molar-refractivity contribution in [3.05, 3.63) is 53.9 Å². The Labute approximate surface area is 125 Å². The molecule has 0 radical (unpaired) electrons. The molecule has 1 aromatic heterocycles. The summed E-state index contributed by atoms with van der Waals surface area (Å²) in [5, 5.41) is 12.0. The van der Waals surface area contributed by atoms with Gasteiger partial charge in [0.25, 0.3) is 0 Å². The van der Waals surface area contributed by atoms with Crippen molar-refractivity contribution in [2.24, 2.45) is 0 Å². The first-order chi connectivity index (χ1) is 8.04. The first kappa shape index (κ1) is 13.5. The summed E-state index contributed by atoms with van der Waals surface area (Å²) in [6.45, 7) is 0. The van der Waals surface area contributed by atoms with E-state index in [0.29, 0.717) is 10.9 Å². The summed E-state index contributed by atoms with van der Waals surface area (Å²) in [5.74, 6) is -0.290. The van der Waals surface area contributed by atoms with Gasteiger partial charge in [-0.15, -0.1) is 11.3 Å². The standard InChI is InChI=1S/C12H9BrFIOS/c13-9-1-7(2-10(14)5-9)3-11(16)8-4-12(15)17-6-8/h1-2,4-6,11,16H,3H2. The zero-order valence-corrected chi connectivity index (χ0v) is 13.2. The summed E-state index contributed by atoms with van der Waals surface area (Å²) < 4.78 is 15.0. The van der Waals surface area contributed by atoms with Crippen molar-refractivity contribution in [1.82, 2.24) is 0 Å². The Balaban J connectivity index is 2.15. The zero-order chi connectivity index (χ0) is 12.4. The summed E-state index contributed by atoms with van der Waals surface area (Å²) in [6, 6.07) is 6.63. The van der Waals surface area contributed by atoms with Gasteiger partial charge < -0.3 is 5.11 Å². The second-order valence-corrected chi connectivity index (χ2v) is 7.40. The van der Waals surface area contributed by atoms with Gasteiger partial charge >= 0.3 is 0 Å². The molecule has 90 valence electrons. The average Bonchev–Trinajstić information content (AvgIpc) is 2.63. The minimum atomic E-state index is -0.580. The normalized spacial score (nSPS) is 12.7. The second kappa shape index (κ2) is 5.77. The molecule has 0 saturated carbocycles. The number of aliphatic hydroxyl groups excluding tert-OH is 1. The quantitative estimate of drug-likeness (QED) is 0.715. The predicted molar refractivity (Wildman–Crippen MR) is 79.8 cm³/mol. The molecule has 0 amide bonds. The van der Waals surface area contributed by atoms with Crippen LogP contribution < -0.4 is 0 Å². The number of hydrogen-bond acceptors (Lipinski definition) is 2. The van der Waals surface area contributed by atoms with Gasteiger partial charge in [0.05, 0.1) is 8.99 Å². The fourth-order valence-electron chi connectivity index (χ4n) is 1.57. The number of hydrogen-bond donors (Lipinski definition) is 1. The van der Waals surface area contributed by atoms with Crippen LogP contribution in [0.25, 0.3) is 0 Å². The van der Waals surface area contributed by atoms with Crippen molar-refractivity contribution in [3.8, 4) is 0 Å². The van der Waals surface area contributed by atoms with Crippen LogP contribution in [0.3, 0.4) is 0 Å². The van der Waals surface area contributed by atoms with Crippen LogP contribution in [0, 0.1) is 8.70 Å². The zero-order valence-electron chi connectivity index (χ0n) is 8.66. The lowest BCUT2D eigenvalue weighted by Crippen LogP contribution is -2.00. The van der Waals surface area contributed by atoms with E-state index in [-0.39, 0.29) is 5.82 Å². The molecular weight excluding hydrogens is 418 g/mol. The maximum atomic E-state index is 13.2. The number of aliphatic hydroxyl groups is 1. The molecule has 1 N–H and O–H groups in total. The summed E-state index contributed by atoms with van der Waals surface area (Å²) in [5.41, 5.74) is 1.67. The van der Waals surface area contributed by atoms with Crippen molar-refractivity contribution in [2.75, 3.05) is 0 Å². The van der Waals surface area contributed by atoms with Gasteiger partial charge in [-0.3, -0.25) is 0 Å². The Hall–Kier alpha value is 0.0200. The topological polar surface area (TPSA) is 20.2 Å². The Bertz CT molecular complexity index is 509. The van der Waals surface area contributed by atoms with Crippen molar-refractivity contribution in [3.63, 3.8) is 0 Å². The summed E-state index contributed by atoms with van der Waals surface area (Å²) >= 11 is 7.05. The highest BCUT2D eigenvalue weighted by Gasteiger charge is 2.11. The van der Waals surface area contributed by atoms with Crippen molar-refractivity contribution in [2.45, 2.75) is 12.5 Å². The van der Waals surface area contributed by atoms with Crippen LogP contribution in [0.5, 0.6) is 0 Å².